The minimum atomic E-state index is -0.450. The van der Waals surface area contributed by atoms with Crippen LogP contribution in [0.2, 0.25) is 0 Å². The summed E-state index contributed by atoms with van der Waals surface area (Å²) < 4.78 is 5.24. The first-order chi connectivity index (χ1) is 8.12. The van der Waals surface area contributed by atoms with Crippen molar-refractivity contribution in [1.82, 2.24) is 4.90 Å². The van der Waals surface area contributed by atoms with Gasteiger partial charge < -0.3 is 15.4 Å². The van der Waals surface area contributed by atoms with Crippen LogP contribution in [0.3, 0.4) is 0 Å². The minimum absolute atomic E-state index is 0.199. The standard InChI is InChI=1S/C13H24N2O3/c1-12(2,3)18-10(16)5-7-15-8-6-13(4,9-15)11(14)17/h5-9H2,1-4H3,(H2,14,17). The van der Waals surface area contributed by atoms with E-state index in [1.165, 1.54) is 0 Å². The lowest BCUT2D eigenvalue weighted by Gasteiger charge is -2.22. The van der Waals surface area contributed by atoms with Crippen LogP contribution >= 0.6 is 0 Å². The number of esters is 1. The highest BCUT2D eigenvalue weighted by atomic mass is 16.6. The normalized spacial score (nSPS) is 25.1. The molecule has 5 heteroatoms. The molecule has 1 rings (SSSR count). The van der Waals surface area contributed by atoms with Crippen LogP contribution in [0.1, 0.15) is 40.5 Å². The number of primary amides is 1. The maximum Gasteiger partial charge on any atom is 0.307 e. The van der Waals surface area contributed by atoms with Crippen LogP contribution in [0.5, 0.6) is 0 Å². The summed E-state index contributed by atoms with van der Waals surface area (Å²) in [6, 6.07) is 0. The highest BCUT2D eigenvalue weighted by molar-refractivity contribution is 5.81. The summed E-state index contributed by atoms with van der Waals surface area (Å²) in [4.78, 5) is 25.0. The second-order valence-corrected chi connectivity index (χ2v) is 6.29. The van der Waals surface area contributed by atoms with Gasteiger partial charge in [-0.15, -0.1) is 0 Å². The Morgan fingerprint density at radius 2 is 2.00 bits per heavy atom. The topological polar surface area (TPSA) is 72.6 Å². The van der Waals surface area contributed by atoms with E-state index in [1.54, 1.807) is 0 Å². The van der Waals surface area contributed by atoms with Crippen molar-refractivity contribution in [3.05, 3.63) is 0 Å². The zero-order valence-corrected chi connectivity index (χ0v) is 11.8. The van der Waals surface area contributed by atoms with Gasteiger partial charge in [0, 0.05) is 13.1 Å². The van der Waals surface area contributed by atoms with Crippen LogP contribution in [-0.4, -0.2) is 42.0 Å². The first-order valence-corrected chi connectivity index (χ1v) is 6.36. The molecule has 1 atom stereocenters. The van der Waals surface area contributed by atoms with E-state index >= 15 is 0 Å². The Balaban J connectivity index is 2.34. The molecule has 0 aromatic heterocycles. The summed E-state index contributed by atoms with van der Waals surface area (Å²) in [6.07, 6.45) is 1.11. The number of likely N-dealkylation sites (tertiary alicyclic amines) is 1. The number of rotatable bonds is 4. The predicted octanol–water partition coefficient (Wildman–Crippen LogP) is 0.915. The summed E-state index contributed by atoms with van der Waals surface area (Å²) in [5.41, 5.74) is 4.49. The number of carbonyl (C=O) groups excluding carboxylic acids is 2. The molecule has 0 bridgehead atoms. The van der Waals surface area contributed by atoms with E-state index < -0.39 is 11.0 Å². The third-order valence-electron chi connectivity index (χ3n) is 3.20. The van der Waals surface area contributed by atoms with Gasteiger partial charge in [-0.2, -0.15) is 0 Å². The molecule has 1 amide bonds. The van der Waals surface area contributed by atoms with Gasteiger partial charge in [0.15, 0.2) is 0 Å². The number of carbonyl (C=O) groups is 2. The number of hydrogen-bond acceptors (Lipinski definition) is 4. The Morgan fingerprint density at radius 1 is 1.39 bits per heavy atom. The predicted molar refractivity (Wildman–Crippen MR) is 68.8 cm³/mol. The molecule has 1 aliphatic rings. The molecule has 1 aliphatic heterocycles. The lowest BCUT2D eigenvalue weighted by atomic mass is 9.89. The molecule has 104 valence electrons. The minimum Gasteiger partial charge on any atom is -0.460 e. The highest BCUT2D eigenvalue weighted by Gasteiger charge is 2.38. The fourth-order valence-electron chi connectivity index (χ4n) is 2.09. The average Bonchev–Trinajstić information content (AvgIpc) is 2.56. The van der Waals surface area contributed by atoms with Crippen LogP contribution in [-0.2, 0) is 14.3 Å². The van der Waals surface area contributed by atoms with Crippen molar-refractivity contribution < 1.29 is 14.3 Å². The molecule has 1 fully saturated rings. The van der Waals surface area contributed by atoms with Gasteiger partial charge in [0.05, 0.1) is 11.8 Å². The third-order valence-corrected chi connectivity index (χ3v) is 3.20. The Kier molecular flexibility index (Phi) is 4.37. The van der Waals surface area contributed by atoms with Gasteiger partial charge in [0.2, 0.25) is 5.91 Å². The van der Waals surface area contributed by atoms with Crippen LogP contribution in [0, 0.1) is 5.41 Å². The zero-order chi connectivity index (χ0) is 14.0. The summed E-state index contributed by atoms with van der Waals surface area (Å²) >= 11 is 0. The molecule has 0 radical (unpaired) electrons. The van der Waals surface area contributed by atoms with Gasteiger partial charge in [-0.1, -0.05) is 0 Å². The molecule has 18 heavy (non-hydrogen) atoms. The Bertz CT molecular complexity index is 336. The van der Waals surface area contributed by atoms with E-state index in [0.717, 1.165) is 13.0 Å². The number of amides is 1. The second kappa shape index (κ2) is 5.26. The van der Waals surface area contributed by atoms with Crippen molar-refractivity contribution in [1.29, 1.82) is 0 Å². The van der Waals surface area contributed by atoms with Crippen molar-refractivity contribution in [3.8, 4) is 0 Å². The van der Waals surface area contributed by atoms with Gasteiger partial charge in [-0.05, 0) is 40.7 Å². The Morgan fingerprint density at radius 3 is 2.44 bits per heavy atom. The van der Waals surface area contributed by atoms with E-state index in [9.17, 15) is 9.59 Å². The summed E-state index contributed by atoms with van der Waals surface area (Å²) in [7, 11) is 0. The maximum absolute atomic E-state index is 11.6. The number of ether oxygens (including phenoxy) is 1. The van der Waals surface area contributed by atoms with Crippen molar-refractivity contribution in [2.45, 2.75) is 46.1 Å². The van der Waals surface area contributed by atoms with Gasteiger partial charge >= 0.3 is 5.97 Å². The molecular weight excluding hydrogens is 232 g/mol. The Hall–Kier alpha value is -1.10. The summed E-state index contributed by atoms with van der Waals surface area (Å²) in [5, 5.41) is 0. The van der Waals surface area contributed by atoms with E-state index in [4.69, 9.17) is 10.5 Å². The first-order valence-electron chi connectivity index (χ1n) is 6.36. The van der Waals surface area contributed by atoms with Crippen molar-refractivity contribution in [2.24, 2.45) is 11.1 Å². The number of hydrogen-bond donors (Lipinski definition) is 1. The number of nitrogens with two attached hydrogens (primary N) is 1. The molecule has 1 heterocycles. The average molecular weight is 256 g/mol. The number of nitrogens with zero attached hydrogens (tertiary/aromatic N) is 1. The maximum atomic E-state index is 11.6. The SMILES string of the molecule is CC(C)(C)OC(=O)CCN1CCC(C)(C(N)=O)C1. The second-order valence-electron chi connectivity index (χ2n) is 6.29. The lowest BCUT2D eigenvalue weighted by molar-refractivity contribution is -0.155. The van der Waals surface area contributed by atoms with E-state index in [2.05, 4.69) is 4.90 Å². The van der Waals surface area contributed by atoms with Crippen LogP contribution in [0.15, 0.2) is 0 Å². The van der Waals surface area contributed by atoms with Gasteiger partial charge in [-0.3, -0.25) is 9.59 Å². The van der Waals surface area contributed by atoms with Crippen LogP contribution < -0.4 is 5.73 Å². The fraction of sp³-hybridized carbons (Fsp3) is 0.846. The van der Waals surface area contributed by atoms with Crippen LogP contribution in [0.25, 0.3) is 0 Å². The van der Waals surface area contributed by atoms with Crippen molar-refractivity contribution in [3.63, 3.8) is 0 Å². The zero-order valence-electron chi connectivity index (χ0n) is 11.8. The van der Waals surface area contributed by atoms with E-state index in [-0.39, 0.29) is 11.9 Å². The van der Waals surface area contributed by atoms with Gasteiger partial charge in [-0.25, -0.2) is 0 Å². The molecular formula is C13H24N2O3. The fourth-order valence-corrected chi connectivity index (χ4v) is 2.09. The molecule has 0 aromatic carbocycles. The van der Waals surface area contributed by atoms with Crippen molar-refractivity contribution in [2.75, 3.05) is 19.6 Å². The third kappa shape index (κ3) is 4.29. The molecule has 2 N–H and O–H groups in total. The van der Waals surface area contributed by atoms with Crippen molar-refractivity contribution >= 4 is 11.9 Å². The molecule has 1 unspecified atom stereocenters. The highest BCUT2D eigenvalue weighted by Crippen LogP contribution is 2.29. The Labute approximate surface area is 109 Å². The lowest BCUT2D eigenvalue weighted by Crippen LogP contribution is -2.37. The smallest absolute Gasteiger partial charge is 0.307 e. The van der Waals surface area contributed by atoms with Gasteiger partial charge in [0.25, 0.3) is 0 Å². The molecule has 0 aliphatic carbocycles. The molecule has 1 saturated heterocycles. The largest absolute Gasteiger partial charge is 0.460 e. The quantitative estimate of drug-likeness (QED) is 0.759. The van der Waals surface area contributed by atoms with E-state index in [0.29, 0.717) is 19.5 Å². The van der Waals surface area contributed by atoms with Gasteiger partial charge in [0.1, 0.15) is 5.60 Å². The monoisotopic (exact) mass is 256 g/mol. The molecule has 0 aromatic rings. The molecule has 0 spiro atoms. The molecule has 0 saturated carbocycles. The molecule has 5 nitrogen and oxygen atoms in total. The van der Waals surface area contributed by atoms with E-state index in [1.807, 2.05) is 27.7 Å². The van der Waals surface area contributed by atoms with Crippen LogP contribution in [0.4, 0.5) is 0 Å². The summed E-state index contributed by atoms with van der Waals surface area (Å²) in [6.45, 7) is 9.49. The first kappa shape index (κ1) is 15.0. The summed E-state index contributed by atoms with van der Waals surface area (Å²) in [5.74, 6) is -0.461.